The van der Waals surface area contributed by atoms with Crippen LogP contribution in [0.25, 0.3) is 0 Å². The van der Waals surface area contributed by atoms with E-state index in [1.54, 1.807) is 0 Å². The summed E-state index contributed by atoms with van der Waals surface area (Å²) >= 11 is 0. The van der Waals surface area contributed by atoms with Gasteiger partial charge in [-0.3, -0.25) is 0 Å². The van der Waals surface area contributed by atoms with Crippen LogP contribution in [0.15, 0.2) is 11.6 Å². The third-order valence-corrected chi connectivity index (χ3v) is 1.76. The van der Waals surface area contributed by atoms with Crippen molar-refractivity contribution in [2.75, 3.05) is 46.9 Å². The fourth-order valence-corrected chi connectivity index (χ4v) is 0.872. The van der Waals surface area contributed by atoms with Crippen LogP contribution in [0.4, 0.5) is 0 Å². The van der Waals surface area contributed by atoms with E-state index in [-0.39, 0.29) is 0 Å². The van der Waals surface area contributed by atoms with Crippen LogP contribution in [-0.4, -0.2) is 51.8 Å². The maximum absolute atomic E-state index is 5.43. The molecule has 0 saturated heterocycles. The van der Waals surface area contributed by atoms with E-state index in [1.165, 1.54) is 5.57 Å². The number of nitrogens with zero attached hydrogens (tertiary/aromatic N) is 1. The molecule has 0 aromatic carbocycles. The average molecular weight is 200 g/mol. The van der Waals surface area contributed by atoms with Gasteiger partial charge in [-0.2, -0.15) is 0 Å². The van der Waals surface area contributed by atoms with Gasteiger partial charge in [-0.1, -0.05) is 11.6 Å². The summed E-state index contributed by atoms with van der Waals surface area (Å²) in [5, 5.41) is 3.29. The quantitative estimate of drug-likeness (QED) is 0.469. The number of likely N-dealkylation sites (N-methyl/N-ethyl adjacent to an activating group) is 1. The van der Waals surface area contributed by atoms with Gasteiger partial charge in [0.1, 0.15) is 0 Å². The molecule has 0 fully saturated rings. The minimum atomic E-state index is 0.796. The largest absolute Gasteiger partial charge is 0.379 e. The minimum absolute atomic E-state index is 0.796. The zero-order valence-corrected chi connectivity index (χ0v) is 9.97. The molecule has 0 aromatic heterocycles. The Morgan fingerprint density at radius 2 is 2.00 bits per heavy atom. The predicted molar refractivity (Wildman–Crippen MR) is 61.7 cm³/mol. The molecule has 0 aliphatic carbocycles. The van der Waals surface area contributed by atoms with E-state index in [0.717, 1.165) is 32.8 Å². The van der Waals surface area contributed by atoms with Gasteiger partial charge in [-0.15, -0.1) is 0 Å². The molecule has 1 N–H and O–H groups in total. The Labute approximate surface area is 88.1 Å². The Bertz CT molecular complexity index is 151. The molecular weight excluding hydrogens is 176 g/mol. The Balaban J connectivity index is 3.03. The van der Waals surface area contributed by atoms with Crippen LogP contribution >= 0.6 is 0 Å². The molecule has 0 amide bonds. The zero-order chi connectivity index (χ0) is 10.8. The van der Waals surface area contributed by atoms with E-state index in [2.05, 4.69) is 44.2 Å². The fraction of sp³-hybridized carbons (Fsp3) is 0.818. The summed E-state index contributed by atoms with van der Waals surface area (Å²) in [5.74, 6) is 0. The molecule has 0 aliphatic heterocycles. The summed E-state index contributed by atoms with van der Waals surface area (Å²) in [4.78, 5) is 2.12. The van der Waals surface area contributed by atoms with E-state index < -0.39 is 0 Å². The first-order valence-electron chi connectivity index (χ1n) is 5.19. The summed E-state index contributed by atoms with van der Waals surface area (Å²) in [5.41, 5.74) is 1.35. The lowest BCUT2D eigenvalue weighted by Crippen LogP contribution is -2.23. The number of nitrogens with one attached hydrogen (secondary N) is 1. The summed E-state index contributed by atoms with van der Waals surface area (Å²) in [6.07, 6.45) is 2.18. The molecule has 0 heterocycles. The molecule has 0 unspecified atom stereocenters. The van der Waals surface area contributed by atoms with Crippen molar-refractivity contribution < 1.29 is 4.74 Å². The molecule has 0 aromatic rings. The maximum Gasteiger partial charge on any atom is 0.0593 e. The Morgan fingerprint density at radius 1 is 1.29 bits per heavy atom. The van der Waals surface area contributed by atoms with Crippen molar-refractivity contribution in [1.29, 1.82) is 0 Å². The lowest BCUT2D eigenvalue weighted by atomic mass is 10.3. The van der Waals surface area contributed by atoms with E-state index in [9.17, 15) is 0 Å². The van der Waals surface area contributed by atoms with Crippen molar-refractivity contribution in [3.05, 3.63) is 11.6 Å². The predicted octanol–water partition coefficient (Wildman–Crippen LogP) is 1.12. The van der Waals surface area contributed by atoms with Crippen LogP contribution in [-0.2, 0) is 4.74 Å². The fourth-order valence-electron chi connectivity index (χ4n) is 0.872. The smallest absolute Gasteiger partial charge is 0.0593 e. The van der Waals surface area contributed by atoms with Crippen molar-refractivity contribution in [3.63, 3.8) is 0 Å². The van der Waals surface area contributed by atoms with Gasteiger partial charge in [0.15, 0.2) is 0 Å². The topological polar surface area (TPSA) is 24.5 Å². The number of ether oxygens (including phenoxy) is 1. The zero-order valence-electron chi connectivity index (χ0n) is 9.97. The number of hydrogen-bond donors (Lipinski definition) is 1. The second kappa shape index (κ2) is 9.19. The van der Waals surface area contributed by atoms with Crippen LogP contribution in [0.1, 0.15) is 13.8 Å². The third-order valence-electron chi connectivity index (χ3n) is 1.76. The van der Waals surface area contributed by atoms with Gasteiger partial charge in [-0.25, -0.2) is 0 Å². The normalized spacial score (nSPS) is 10.6. The minimum Gasteiger partial charge on any atom is -0.379 e. The monoisotopic (exact) mass is 200 g/mol. The maximum atomic E-state index is 5.43. The molecule has 0 spiro atoms. The summed E-state index contributed by atoms with van der Waals surface area (Å²) in [6, 6.07) is 0. The van der Waals surface area contributed by atoms with Gasteiger partial charge in [0.2, 0.25) is 0 Å². The summed E-state index contributed by atoms with van der Waals surface area (Å²) < 4.78 is 5.43. The van der Waals surface area contributed by atoms with Gasteiger partial charge in [0.25, 0.3) is 0 Å². The van der Waals surface area contributed by atoms with Crippen LogP contribution < -0.4 is 5.32 Å². The van der Waals surface area contributed by atoms with E-state index in [4.69, 9.17) is 4.74 Å². The van der Waals surface area contributed by atoms with Gasteiger partial charge in [0, 0.05) is 19.6 Å². The van der Waals surface area contributed by atoms with E-state index in [0.29, 0.717) is 0 Å². The SMILES string of the molecule is CC(C)=CCNCCOCCN(C)C. The molecule has 3 heteroatoms. The molecule has 3 nitrogen and oxygen atoms in total. The second-order valence-electron chi connectivity index (χ2n) is 3.90. The molecule has 0 saturated carbocycles. The van der Waals surface area contributed by atoms with Gasteiger partial charge in [-0.05, 0) is 27.9 Å². The molecule has 0 atom stereocenters. The highest BCUT2D eigenvalue weighted by molar-refractivity contribution is 4.94. The Hall–Kier alpha value is -0.380. The van der Waals surface area contributed by atoms with Gasteiger partial charge >= 0.3 is 0 Å². The van der Waals surface area contributed by atoms with Crippen molar-refractivity contribution >= 4 is 0 Å². The number of rotatable bonds is 8. The van der Waals surface area contributed by atoms with E-state index in [1.807, 2.05) is 0 Å². The molecule has 84 valence electrons. The standard InChI is InChI=1S/C11H24N2O/c1-11(2)5-6-12-7-9-14-10-8-13(3)4/h5,12H,6-10H2,1-4H3. The molecule has 0 rings (SSSR count). The molecule has 0 radical (unpaired) electrons. The third kappa shape index (κ3) is 11.6. The van der Waals surface area contributed by atoms with Crippen molar-refractivity contribution in [2.45, 2.75) is 13.8 Å². The van der Waals surface area contributed by atoms with Crippen LogP contribution in [0.5, 0.6) is 0 Å². The molecule has 14 heavy (non-hydrogen) atoms. The lowest BCUT2D eigenvalue weighted by molar-refractivity contribution is 0.120. The second-order valence-corrected chi connectivity index (χ2v) is 3.90. The number of allylic oxidation sites excluding steroid dienone is 1. The first-order valence-corrected chi connectivity index (χ1v) is 5.19. The van der Waals surface area contributed by atoms with Crippen molar-refractivity contribution in [1.82, 2.24) is 10.2 Å². The lowest BCUT2D eigenvalue weighted by Gasteiger charge is -2.09. The first kappa shape index (κ1) is 13.6. The highest BCUT2D eigenvalue weighted by Crippen LogP contribution is 1.85. The molecular formula is C11H24N2O. The van der Waals surface area contributed by atoms with Crippen LogP contribution in [0.3, 0.4) is 0 Å². The Kier molecular flexibility index (Phi) is 8.94. The first-order chi connectivity index (χ1) is 6.63. The highest BCUT2D eigenvalue weighted by atomic mass is 16.5. The van der Waals surface area contributed by atoms with Crippen molar-refractivity contribution in [3.8, 4) is 0 Å². The summed E-state index contributed by atoms with van der Waals surface area (Å²) in [6.45, 7) is 8.69. The molecule has 0 bridgehead atoms. The van der Waals surface area contributed by atoms with Crippen LogP contribution in [0, 0.1) is 0 Å². The van der Waals surface area contributed by atoms with Crippen molar-refractivity contribution in [2.24, 2.45) is 0 Å². The average Bonchev–Trinajstić information content (AvgIpc) is 2.08. The van der Waals surface area contributed by atoms with Crippen LogP contribution in [0.2, 0.25) is 0 Å². The highest BCUT2D eigenvalue weighted by Gasteiger charge is 1.90. The Morgan fingerprint density at radius 3 is 2.57 bits per heavy atom. The van der Waals surface area contributed by atoms with Gasteiger partial charge < -0.3 is 15.0 Å². The van der Waals surface area contributed by atoms with Gasteiger partial charge in [0.05, 0.1) is 13.2 Å². The number of hydrogen-bond acceptors (Lipinski definition) is 3. The summed E-state index contributed by atoms with van der Waals surface area (Å²) in [7, 11) is 4.10. The van der Waals surface area contributed by atoms with E-state index >= 15 is 0 Å². The molecule has 0 aliphatic rings.